The van der Waals surface area contributed by atoms with E-state index < -0.39 is 11.6 Å². The second-order valence-corrected chi connectivity index (χ2v) is 6.23. The standard InChI is InChI=1S/C14H14BrN3O3/c1-8-9(3-2-4-10(8)15)11(19)18-6-5-14(7-18)12(20)16-13(21)17-14/h2-4H,5-7H2,1H3,(H2,16,17,20,21). The van der Waals surface area contributed by atoms with E-state index >= 15 is 0 Å². The highest BCUT2D eigenvalue weighted by Gasteiger charge is 2.51. The maximum atomic E-state index is 12.6. The number of amides is 4. The zero-order valence-corrected chi connectivity index (χ0v) is 13.0. The number of benzene rings is 1. The van der Waals surface area contributed by atoms with Crippen LogP contribution in [0, 0.1) is 6.92 Å². The van der Waals surface area contributed by atoms with Crippen molar-refractivity contribution in [2.75, 3.05) is 13.1 Å². The third kappa shape index (κ3) is 2.21. The molecule has 2 heterocycles. The molecule has 2 aliphatic heterocycles. The van der Waals surface area contributed by atoms with Crippen molar-refractivity contribution in [2.24, 2.45) is 0 Å². The summed E-state index contributed by atoms with van der Waals surface area (Å²) in [5, 5.41) is 4.87. The normalized spacial score (nSPS) is 24.4. The molecule has 2 N–H and O–H groups in total. The molecule has 3 rings (SSSR count). The summed E-state index contributed by atoms with van der Waals surface area (Å²) in [5.41, 5.74) is 0.502. The van der Waals surface area contributed by atoms with Crippen LogP contribution >= 0.6 is 15.9 Å². The minimum absolute atomic E-state index is 0.125. The first kappa shape index (κ1) is 14.1. The molecule has 110 valence electrons. The Morgan fingerprint density at radius 2 is 2.14 bits per heavy atom. The molecule has 0 bridgehead atoms. The molecule has 2 fully saturated rings. The van der Waals surface area contributed by atoms with Crippen LogP contribution in [0.25, 0.3) is 0 Å². The first-order valence-corrected chi connectivity index (χ1v) is 7.40. The first-order chi connectivity index (χ1) is 9.93. The maximum absolute atomic E-state index is 12.6. The van der Waals surface area contributed by atoms with Gasteiger partial charge in [-0.25, -0.2) is 4.79 Å². The van der Waals surface area contributed by atoms with Gasteiger partial charge in [0.15, 0.2) is 0 Å². The molecule has 0 radical (unpaired) electrons. The lowest BCUT2D eigenvalue weighted by atomic mass is 9.99. The number of urea groups is 1. The van der Waals surface area contributed by atoms with Crippen LogP contribution in [0.2, 0.25) is 0 Å². The molecule has 1 aromatic rings. The molecule has 1 aromatic carbocycles. The number of hydrogen-bond acceptors (Lipinski definition) is 3. The Morgan fingerprint density at radius 1 is 1.38 bits per heavy atom. The van der Waals surface area contributed by atoms with Crippen molar-refractivity contribution in [2.45, 2.75) is 18.9 Å². The van der Waals surface area contributed by atoms with Crippen molar-refractivity contribution < 1.29 is 14.4 Å². The van der Waals surface area contributed by atoms with E-state index in [1.54, 1.807) is 17.0 Å². The second kappa shape index (κ2) is 4.84. The molecule has 21 heavy (non-hydrogen) atoms. The van der Waals surface area contributed by atoms with Crippen LogP contribution in [0.3, 0.4) is 0 Å². The molecule has 7 heteroatoms. The summed E-state index contributed by atoms with van der Waals surface area (Å²) < 4.78 is 0.870. The molecule has 0 aliphatic carbocycles. The monoisotopic (exact) mass is 351 g/mol. The molecular formula is C14H14BrN3O3. The first-order valence-electron chi connectivity index (χ1n) is 6.61. The van der Waals surface area contributed by atoms with E-state index in [-0.39, 0.29) is 18.4 Å². The number of carbonyl (C=O) groups excluding carboxylic acids is 3. The van der Waals surface area contributed by atoms with Crippen LogP contribution in [-0.4, -0.2) is 41.4 Å². The van der Waals surface area contributed by atoms with E-state index in [4.69, 9.17) is 0 Å². The lowest BCUT2D eigenvalue weighted by Gasteiger charge is -2.21. The number of halogens is 1. The predicted molar refractivity (Wildman–Crippen MR) is 78.8 cm³/mol. The fourth-order valence-electron chi connectivity index (χ4n) is 2.81. The zero-order valence-electron chi connectivity index (χ0n) is 11.4. The average molecular weight is 352 g/mol. The van der Waals surface area contributed by atoms with Gasteiger partial charge in [0.2, 0.25) is 0 Å². The van der Waals surface area contributed by atoms with Crippen LogP contribution in [0.5, 0.6) is 0 Å². The van der Waals surface area contributed by atoms with Gasteiger partial charge in [-0.05, 0) is 31.0 Å². The summed E-state index contributed by atoms with van der Waals surface area (Å²) >= 11 is 3.41. The third-order valence-electron chi connectivity index (χ3n) is 4.07. The molecule has 2 saturated heterocycles. The van der Waals surface area contributed by atoms with Gasteiger partial charge in [0.1, 0.15) is 5.54 Å². The van der Waals surface area contributed by atoms with Crippen LogP contribution in [0.15, 0.2) is 22.7 Å². The Bertz CT molecular complexity index is 661. The van der Waals surface area contributed by atoms with Crippen LogP contribution in [-0.2, 0) is 4.79 Å². The Hall–Kier alpha value is -1.89. The lowest BCUT2D eigenvalue weighted by molar-refractivity contribution is -0.123. The predicted octanol–water partition coefficient (Wildman–Crippen LogP) is 1.18. The number of imide groups is 1. The van der Waals surface area contributed by atoms with Crippen molar-refractivity contribution in [3.63, 3.8) is 0 Å². The summed E-state index contributed by atoms with van der Waals surface area (Å²) in [6.07, 6.45) is 0.434. The molecule has 0 aromatic heterocycles. The summed E-state index contributed by atoms with van der Waals surface area (Å²) in [6.45, 7) is 2.51. The van der Waals surface area contributed by atoms with Crippen LogP contribution < -0.4 is 10.6 Å². The minimum atomic E-state index is -0.966. The number of nitrogens with zero attached hydrogens (tertiary/aromatic N) is 1. The average Bonchev–Trinajstić information content (AvgIpc) is 2.97. The van der Waals surface area contributed by atoms with Gasteiger partial charge in [-0.2, -0.15) is 0 Å². The lowest BCUT2D eigenvalue weighted by Crippen LogP contribution is -2.49. The topological polar surface area (TPSA) is 78.5 Å². The van der Waals surface area contributed by atoms with Gasteiger partial charge in [0.25, 0.3) is 11.8 Å². The van der Waals surface area contributed by atoms with Crippen molar-refractivity contribution in [1.29, 1.82) is 0 Å². The SMILES string of the molecule is Cc1c(Br)cccc1C(=O)N1CCC2(C1)NC(=O)NC2=O. The molecule has 0 saturated carbocycles. The Balaban J connectivity index is 1.83. The van der Waals surface area contributed by atoms with E-state index in [1.165, 1.54) is 0 Å². The molecule has 2 aliphatic rings. The quantitative estimate of drug-likeness (QED) is 0.745. The number of nitrogens with one attached hydrogen (secondary N) is 2. The van der Waals surface area contributed by atoms with Crippen LogP contribution in [0.1, 0.15) is 22.3 Å². The van der Waals surface area contributed by atoms with E-state index in [2.05, 4.69) is 26.6 Å². The largest absolute Gasteiger partial charge is 0.336 e. The Morgan fingerprint density at radius 3 is 2.81 bits per heavy atom. The molecular weight excluding hydrogens is 338 g/mol. The number of likely N-dealkylation sites (tertiary alicyclic amines) is 1. The fourth-order valence-corrected chi connectivity index (χ4v) is 3.17. The summed E-state index contributed by atoms with van der Waals surface area (Å²) in [4.78, 5) is 37.4. The number of hydrogen-bond donors (Lipinski definition) is 2. The molecule has 1 spiro atoms. The molecule has 6 nitrogen and oxygen atoms in total. The second-order valence-electron chi connectivity index (χ2n) is 5.38. The van der Waals surface area contributed by atoms with Gasteiger partial charge in [-0.15, -0.1) is 0 Å². The van der Waals surface area contributed by atoms with Gasteiger partial charge in [-0.3, -0.25) is 14.9 Å². The van der Waals surface area contributed by atoms with Crippen molar-refractivity contribution in [3.8, 4) is 0 Å². The smallest absolute Gasteiger partial charge is 0.322 e. The van der Waals surface area contributed by atoms with Gasteiger partial charge in [0.05, 0.1) is 6.54 Å². The third-order valence-corrected chi connectivity index (χ3v) is 4.93. The highest BCUT2D eigenvalue weighted by molar-refractivity contribution is 9.10. The molecule has 1 unspecified atom stereocenters. The summed E-state index contributed by atoms with van der Waals surface area (Å²) in [5.74, 6) is -0.478. The highest BCUT2D eigenvalue weighted by atomic mass is 79.9. The summed E-state index contributed by atoms with van der Waals surface area (Å²) in [7, 11) is 0. The van der Waals surface area contributed by atoms with Gasteiger partial charge in [-0.1, -0.05) is 22.0 Å². The summed E-state index contributed by atoms with van der Waals surface area (Å²) in [6, 6.07) is 4.95. The highest BCUT2D eigenvalue weighted by Crippen LogP contribution is 2.27. The van der Waals surface area contributed by atoms with Crippen molar-refractivity contribution in [3.05, 3.63) is 33.8 Å². The van der Waals surface area contributed by atoms with Gasteiger partial charge in [0, 0.05) is 16.6 Å². The molecule has 4 amide bonds. The van der Waals surface area contributed by atoms with E-state index in [0.717, 1.165) is 10.0 Å². The molecule has 1 atom stereocenters. The number of rotatable bonds is 1. The zero-order chi connectivity index (χ0) is 15.2. The van der Waals surface area contributed by atoms with E-state index in [9.17, 15) is 14.4 Å². The van der Waals surface area contributed by atoms with Crippen LogP contribution in [0.4, 0.5) is 4.79 Å². The van der Waals surface area contributed by atoms with E-state index in [0.29, 0.717) is 18.5 Å². The van der Waals surface area contributed by atoms with E-state index in [1.807, 2.05) is 13.0 Å². The van der Waals surface area contributed by atoms with Gasteiger partial charge >= 0.3 is 6.03 Å². The Kier molecular flexibility index (Phi) is 3.24. The van der Waals surface area contributed by atoms with Crippen molar-refractivity contribution >= 4 is 33.8 Å². The Labute approximate surface area is 130 Å². The number of carbonyl (C=O) groups is 3. The van der Waals surface area contributed by atoms with Gasteiger partial charge < -0.3 is 10.2 Å². The maximum Gasteiger partial charge on any atom is 0.322 e. The fraction of sp³-hybridized carbons (Fsp3) is 0.357. The minimum Gasteiger partial charge on any atom is -0.336 e. The van der Waals surface area contributed by atoms with Crippen molar-refractivity contribution in [1.82, 2.24) is 15.5 Å².